The molecule has 0 aliphatic heterocycles. The van der Waals surface area contributed by atoms with Gasteiger partial charge in [-0.3, -0.25) is 4.79 Å². The van der Waals surface area contributed by atoms with E-state index in [9.17, 15) is 18.0 Å². The van der Waals surface area contributed by atoms with Crippen molar-refractivity contribution in [2.75, 3.05) is 30.8 Å². The number of likely N-dealkylation sites (N-methyl/N-ethyl adjacent to an activating group) is 1. The van der Waals surface area contributed by atoms with Gasteiger partial charge in [0, 0.05) is 13.6 Å². The van der Waals surface area contributed by atoms with Crippen LogP contribution >= 0.6 is 0 Å². The number of carbonyl (C=O) groups excluding carboxylic acids is 1. The van der Waals surface area contributed by atoms with E-state index >= 15 is 0 Å². The van der Waals surface area contributed by atoms with Gasteiger partial charge in [0.05, 0.1) is 23.5 Å². The molecule has 0 spiro atoms. The third-order valence-corrected chi connectivity index (χ3v) is 2.80. The number of anilines is 2. The van der Waals surface area contributed by atoms with E-state index in [-0.39, 0.29) is 18.1 Å². The zero-order valence-electron chi connectivity index (χ0n) is 11.4. The first kappa shape index (κ1) is 16.1. The van der Waals surface area contributed by atoms with Crippen molar-refractivity contribution in [1.29, 1.82) is 0 Å². The molecule has 0 aromatic heterocycles. The monoisotopic (exact) mass is 289 g/mol. The van der Waals surface area contributed by atoms with Gasteiger partial charge >= 0.3 is 6.18 Å². The normalized spacial score (nSPS) is 11.2. The molecule has 112 valence electrons. The number of nitrogens with one attached hydrogen (secondary N) is 1. The fourth-order valence-electron chi connectivity index (χ4n) is 1.83. The molecule has 0 heterocycles. The Labute approximate surface area is 115 Å². The molecule has 0 atom stereocenters. The molecule has 0 saturated heterocycles. The standard InChI is InChI=1S/C13H18F3N3O/c1-3-6-19(8-12(20)18-2)11-5-4-9(7-10(11)17)13(14,15)16/h4-5,7H,3,6,8,17H2,1-2H3,(H,18,20). The third-order valence-electron chi connectivity index (χ3n) is 2.80. The zero-order valence-corrected chi connectivity index (χ0v) is 11.4. The molecule has 4 nitrogen and oxygen atoms in total. The van der Waals surface area contributed by atoms with Gasteiger partial charge in [-0.2, -0.15) is 13.2 Å². The lowest BCUT2D eigenvalue weighted by molar-refractivity contribution is -0.137. The molecule has 0 radical (unpaired) electrons. The number of alkyl halides is 3. The van der Waals surface area contributed by atoms with Gasteiger partial charge in [-0.15, -0.1) is 0 Å². The van der Waals surface area contributed by atoms with Crippen molar-refractivity contribution >= 4 is 17.3 Å². The van der Waals surface area contributed by atoms with E-state index in [0.29, 0.717) is 12.2 Å². The molecule has 1 rings (SSSR count). The van der Waals surface area contributed by atoms with Crippen LogP contribution in [0, 0.1) is 0 Å². The topological polar surface area (TPSA) is 58.4 Å². The summed E-state index contributed by atoms with van der Waals surface area (Å²) in [4.78, 5) is 13.1. The van der Waals surface area contributed by atoms with E-state index in [1.54, 1.807) is 4.90 Å². The molecule has 1 aromatic rings. The average Bonchev–Trinajstić information content (AvgIpc) is 2.37. The Morgan fingerprint density at radius 2 is 2.05 bits per heavy atom. The summed E-state index contributed by atoms with van der Waals surface area (Å²) in [5, 5.41) is 2.48. The molecule has 20 heavy (non-hydrogen) atoms. The van der Waals surface area contributed by atoms with E-state index < -0.39 is 11.7 Å². The summed E-state index contributed by atoms with van der Waals surface area (Å²) >= 11 is 0. The van der Waals surface area contributed by atoms with E-state index in [4.69, 9.17) is 5.73 Å². The van der Waals surface area contributed by atoms with Gasteiger partial charge in [0.1, 0.15) is 0 Å². The minimum Gasteiger partial charge on any atom is -0.397 e. The summed E-state index contributed by atoms with van der Waals surface area (Å²) in [5.41, 5.74) is 5.34. The van der Waals surface area contributed by atoms with Crippen LogP contribution in [0.1, 0.15) is 18.9 Å². The van der Waals surface area contributed by atoms with Crippen molar-refractivity contribution < 1.29 is 18.0 Å². The highest BCUT2D eigenvalue weighted by atomic mass is 19.4. The fourth-order valence-corrected chi connectivity index (χ4v) is 1.83. The molecule has 0 bridgehead atoms. The van der Waals surface area contributed by atoms with Gasteiger partial charge in [0.15, 0.2) is 0 Å². The van der Waals surface area contributed by atoms with E-state index in [1.165, 1.54) is 13.1 Å². The Morgan fingerprint density at radius 3 is 2.50 bits per heavy atom. The van der Waals surface area contributed by atoms with Crippen molar-refractivity contribution in [3.8, 4) is 0 Å². The maximum absolute atomic E-state index is 12.6. The third kappa shape index (κ3) is 4.04. The van der Waals surface area contributed by atoms with Crippen LogP contribution in [0.5, 0.6) is 0 Å². The zero-order chi connectivity index (χ0) is 15.3. The predicted octanol–water partition coefficient (Wildman–Crippen LogP) is 2.25. The lowest BCUT2D eigenvalue weighted by Gasteiger charge is -2.25. The summed E-state index contributed by atoms with van der Waals surface area (Å²) in [6.07, 6.45) is -3.68. The molecule has 1 amide bonds. The smallest absolute Gasteiger partial charge is 0.397 e. The number of rotatable bonds is 5. The van der Waals surface area contributed by atoms with E-state index in [2.05, 4.69) is 5.32 Å². The van der Waals surface area contributed by atoms with Crippen molar-refractivity contribution in [2.45, 2.75) is 19.5 Å². The Balaban J connectivity index is 3.05. The molecule has 0 aliphatic carbocycles. The molecule has 0 fully saturated rings. The summed E-state index contributed by atoms with van der Waals surface area (Å²) in [6, 6.07) is 3.16. The number of benzene rings is 1. The SMILES string of the molecule is CCCN(CC(=O)NC)c1ccc(C(F)(F)F)cc1N. The molecular weight excluding hydrogens is 271 g/mol. The first-order valence-corrected chi connectivity index (χ1v) is 6.21. The summed E-state index contributed by atoms with van der Waals surface area (Å²) in [5.74, 6) is -0.224. The highest BCUT2D eigenvalue weighted by Crippen LogP contribution is 2.34. The van der Waals surface area contributed by atoms with Crippen LogP contribution in [-0.2, 0) is 11.0 Å². The number of nitrogens with two attached hydrogens (primary N) is 1. The van der Waals surface area contributed by atoms with Crippen molar-refractivity contribution in [1.82, 2.24) is 5.32 Å². The van der Waals surface area contributed by atoms with Crippen LogP contribution in [0.4, 0.5) is 24.5 Å². The molecule has 7 heteroatoms. The second kappa shape index (κ2) is 6.49. The molecule has 0 unspecified atom stereocenters. The van der Waals surface area contributed by atoms with Crippen molar-refractivity contribution in [2.24, 2.45) is 0 Å². The molecule has 3 N–H and O–H groups in total. The number of halogens is 3. The molecule has 1 aromatic carbocycles. The van der Waals surface area contributed by atoms with E-state index in [1.807, 2.05) is 6.92 Å². The average molecular weight is 289 g/mol. The Hall–Kier alpha value is -1.92. The number of amides is 1. The van der Waals surface area contributed by atoms with Gasteiger partial charge in [0.2, 0.25) is 5.91 Å². The van der Waals surface area contributed by atoms with Crippen LogP contribution in [0.15, 0.2) is 18.2 Å². The molecular formula is C13H18F3N3O. The Bertz CT molecular complexity index is 474. The highest BCUT2D eigenvalue weighted by Gasteiger charge is 2.31. The minimum atomic E-state index is -4.43. The summed E-state index contributed by atoms with van der Waals surface area (Å²) in [6.45, 7) is 2.50. The van der Waals surface area contributed by atoms with Gasteiger partial charge in [-0.1, -0.05) is 6.92 Å². The summed E-state index contributed by atoms with van der Waals surface area (Å²) in [7, 11) is 1.50. The van der Waals surface area contributed by atoms with Crippen molar-refractivity contribution in [3.63, 3.8) is 0 Å². The predicted molar refractivity (Wildman–Crippen MR) is 72.4 cm³/mol. The number of hydrogen-bond donors (Lipinski definition) is 2. The number of carbonyl (C=O) groups is 1. The first-order valence-electron chi connectivity index (χ1n) is 6.21. The number of hydrogen-bond acceptors (Lipinski definition) is 3. The highest BCUT2D eigenvalue weighted by molar-refractivity contribution is 5.83. The second-order valence-electron chi connectivity index (χ2n) is 4.37. The van der Waals surface area contributed by atoms with Crippen LogP contribution in [-0.4, -0.2) is 26.0 Å². The Kier molecular flexibility index (Phi) is 5.24. The van der Waals surface area contributed by atoms with Crippen LogP contribution in [0.3, 0.4) is 0 Å². The first-order chi connectivity index (χ1) is 9.29. The van der Waals surface area contributed by atoms with Crippen LogP contribution in [0.2, 0.25) is 0 Å². The van der Waals surface area contributed by atoms with Gasteiger partial charge in [-0.05, 0) is 24.6 Å². The maximum Gasteiger partial charge on any atom is 0.416 e. The lowest BCUT2D eigenvalue weighted by atomic mass is 10.1. The second-order valence-corrected chi connectivity index (χ2v) is 4.37. The fraction of sp³-hybridized carbons (Fsp3) is 0.462. The van der Waals surface area contributed by atoms with Gasteiger partial charge in [-0.25, -0.2) is 0 Å². The Morgan fingerprint density at radius 1 is 1.40 bits per heavy atom. The van der Waals surface area contributed by atoms with Gasteiger partial charge < -0.3 is 16.0 Å². The number of nitrogens with zero attached hydrogens (tertiary/aromatic N) is 1. The number of nitrogen functional groups attached to an aromatic ring is 1. The molecule has 0 aliphatic rings. The lowest BCUT2D eigenvalue weighted by Crippen LogP contribution is -2.36. The van der Waals surface area contributed by atoms with Crippen LogP contribution in [0.25, 0.3) is 0 Å². The van der Waals surface area contributed by atoms with Crippen LogP contribution < -0.4 is 16.0 Å². The quantitative estimate of drug-likeness (QED) is 0.817. The largest absolute Gasteiger partial charge is 0.416 e. The maximum atomic E-state index is 12.6. The van der Waals surface area contributed by atoms with Gasteiger partial charge in [0.25, 0.3) is 0 Å². The molecule has 0 saturated carbocycles. The summed E-state index contributed by atoms with van der Waals surface area (Å²) < 4.78 is 37.7. The van der Waals surface area contributed by atoms with Crippen molar-refractivity contribution in [3.05, 3.63) is 23.8 Å². The van der Waals surface area contributed by atoms with E-state index in [0.717, 1.165) is 18.6 Å². The minimum absolute atomic E-state index is 0.0113.